The number of H-pyrrole nitrogens is 1. The maximum absolute atomic E-state index is 13.1. The fourth-order valence-electron chi connectivity index (χ4n) is 3.99. The molecule has 0 radical (unpaired) electrons. The van der Waals surface area contributed by atoms with Gasteiger partial charge in [0.25, 0.3) is 5.56 Å². The smallest absolute Gasteiger partial charge is 0.257 e. The second-order valence-electron chi connectivity index (χ2n) is 8.07. The van der Waals surface area contributed by atoms with Gasteiger partial charge in [0.05, 0.1) is 11.5 Å². The fourth-order valence-corrected chi connectivity index (χ4v) is 4.59. The molecule has 7 heteroatoms. The van der Waals surface area contributed by atoms with E-state index in [1.807, 2.05) is 19.1 Å². The van der Waals surface area contributed by atoms with Gasteiger partial charge in [0.2, 0.25) is 0 Å². The number of aromatic nitrogens is 2. The van der Waals surface area contributed by atoms with Gasteiger partial charge in [-0.2, -0.15) is 0 Å². The zero-order valence-corrected chi connectivity index (χ0v) is 17.0. The zero-order valence-electron chi connectivity index (χ0n) is 16.2. The van der Waals surface area contributed by atoms with Crippen LogP contribution in [0.4, 0.5) is 5.82 Å². The zero-order chi connectivity index (χ0) is 20.1. The number of rotatable bonds is 4. The highest BCUT2D eigenvalue weighted by atomic mass is 32.2. The van der Waals surface area contributed by atoms with Crippen LogP contribution in [-0.4, -0.2) is 21.5 Å². The lowest BCUT2D eigenvalue weighted by Crippen LogP contribution is -2.36. The van der Waals surface area contributed by atoms with Gasteiger partial charge >= 0.3 is 0 Å². The van der Waals surface area contributed by atoms with E-state index in [-0.39, 0.29) is 16.8 Å². The third-order valence-electron chi connectivity index (χ3n) is 5.08. The van der Waals surface area contributed by atoms with Gasteiger partial charge in [-0.15, -0.1) is 6.58 Å². The summed E-state index contributed by atoms with van der Waals surface area (Å²) in [6, 6.07) is 3.69. The Kier molecular flexibility index (Phi) is 4.57. The molecule has 3 heterocycles. The van der Waals surface area contributed by atoms with E-state index in [0.29, 0.717) is 46.5 Å². The van der Waals surface area contributed by atoms with Crippen molar-refractivity contribution in [1.82, 2.24) is 9.97 Å². The molecule has 28 heavy (non-hydrogen) atoms. The van der Waals surface area contributed by atoms with Crippen LogP contribution in [0.15, 0.2) is 50.4 Å². The first-order chi connectivity index (χ1) is 13.3. The summed E-state index contributed by atoms with van der Waals surface area (Å²) < 4.78 is 5.87. The first-order valence-electron chi connectivity index (χ1n) is 9.26. The van der Waals surface area contributed by atoms with Crippen molar-refractivity contribution in [2.24, 2.45) is 5.41 Å². The number of fused-ring (bicyclic) bond motifs is 1. The van der Waals surface area contributed by atoms with Crippen LogP contribution in [0.25, 0.3) is 0 Å². The summed E-state index contributed by atoms with van der Waals surface area (Å²) in [4.78, 5) is 33.5. The van der Waals surface area contributed by atoms with Gasteiger partial charge in [0, 0.05) is 23.4 Å². The van der Waals surface area contributed by atoms with Crippen LogP contribution in [0, 0.1) is 12.3 Å². The molecular formula is C21H23N3O3S. The number of anilines is 1. The van der Waals surface area contributed by atoms with Crippen molar-refractivity contribution >= 4 is 23.4 Å². The van der Waals surface area contributed by atoms with E-state index in [1.165, 1.54) is 11.8 Å². The molecule has 2 N–H and O–H groups in total. The molecule has 0 saturated carbocycles. The maximum Gasteiger partial charge on any atom is 0.257 e. The Morgan fingerprint density at radius 2 is 2.14 bits per heavy atom. The van der Waals surface area contributed by atoms with E-state index in [2.05, 4.69) is 35.7 Å². The average Bonchev–Trinajstić information content (AvgIpc) is 3.03. The SMILES string of the molecule is C=CCSc1nc2c(c(=O)[nH]1)[C@H](c1ccc(C)o1)C1=C(CC(C)(C)CC1=O)N2. The third kappa shape index (κ3) is 3.24. The largest absolute Gasteiger partial charge is 0.465 e. The van der Waals surface area contributed by atoms with Gasteiger partial charge in [0.15, 0.2) is 10.9 Å². The Bertz CT molecular complexity index is 1060. The predicted octanol–water partition coefficient (Wildman–Crippen LogP) is 4.15. The summed E-state index contributed by atoms with van der Waals surface area (Å²) in [6.07, 6.45) is 2.92. The molecular weight excluding hydrogens is 374 g/mol. The molecule has 0 spiro atoms. The fraction of sp³-hybridized carbons (Fsp3) is 0.381. The molecule has 0 aromatic carbocycles. The van der Waals surface area contributed by atoms with E-state index in [0.717, 1.165) is 11.5 Å². The molecule has 2 aliphatic rings. The number of furan rings is 1. The molecule has 0 unspecified atom stereocenters. The number of aryl methyl sites for hydroxylation is 1. The molecule has 1 atom stereocenters. The number of carbonyl (C=O) groups excluding carboxylic acids is 1. The highest BCUT2D eigenvalue weighted by molar-refractivity contribution is 7.99. The quantitative estimate of drug-likeness (QED) is 0.458. The molecule has 1 aliphatic carbocycles. The number of allylic oxidation sites excluding steroid dienone is 2. The Hall–Kier alpha value is -2.54. The van der Waals surface area contributed by atoms with Crippen molar-refractivity contribution in [3.05, 3.63) is 63.5 Å². The summed E-state index contributed by atoms with van der Waals surface area (Å²) in [5.74, 6) is 1.98. The molecule has 4 rings (SSSR count). The number of nitrogens with zero attached hydrogens (tertiary/aromatic N) is 1. The van der Waals surface area contributed by atoms with Crippen molar-refractivity contribution in [3.63, 3.8) is 0 Å². The molecule has 0 saturated heterocycles. The number of thioether (sulfide) groups is 1. The summed E-state index contributed by atoms with van der Waals surface area (Å²) in [5, 5.41) is 3.82. The van der Waals surface area contributed by atoms with E-state index in [4.69, 9.17) is 4.42 Å². The van der Waals surface area contributed by atoms with Crippen molar-refractivity contribution in [2.45, 2.75) is 44.7 Å². The number of ketones is 1. The van der Waals surface area contributed by atoms with Crippen molar-refractivity contribution in [3.8, 4) is 0 Å². The lowest BCUT2D eigenvalue weighted by molar-refractivity contribution is -0.118. The second-order valence-corrected chi connectivity index (χ2v) is 9.08. The molecule has 146 valence electrons. The lowest BCUT2D eigenvalue weighted by atomic mass is 9.70. The minimum absolute atomic E-state index is 0.0490. The van der Waals surface area contributed by atoms with E-state index in [1.54, 1.807) is 6.08 Å². The Morgan fingerprint density at radius 3 is 2.82 bits per heavy atom. The highest BCUT2D eigenvalue weighted by Gasteiger charge is 2.43. The monoisotopic (exact) mass is 397 g/mol. The lowest BCUT2D eigenvalue weighted by Gasteiger charge is -2.37. The topological polar surface area (TPSA) is 88.0 Å². The molecule has 6 nitrogen and oxygen atoms in total. The van der Waals surface area contributed by atoms with Gasteiger partial charge in [-0.1, -0.05) is 31.7 Å². The number of Topliss-reactive ketones (excluding diaryl/α,β-unsaturated/α-hetero) is 1. The van der Waals surface area contributed by atoms with Gasteiger partial charge in [0.1, 0.15) is 17.3 Å². The van der Waals surface area contributed by atoms with E-state index in [9.17, 15) is 9.59 Å². The summed E-state index contributed by atoms with van der Waals surface area (Å²) in [7, 11) is 0. The molecule has 0 bridgehead atoms. The highest BCUT2D eigenvalue weighted by Crippen LogP contribution is 2.47. The van der Waals surface area contributed by atoms with Crippen molar-refractivity contribution in [2.75, 3.05) is 11.1 Å². The standard InChI is InChI=1S/C21H23N3O3S/c1-5-8-28-20-23-18-17(19(26)24-20)16(14-7-6-11(2)27-14)15-12(22-18)9-21(3,4)10-13(15)25/h5-7,16H,1,8-10H2,2-4H3,(H2,22,23,24,26)/t16-/m1/s1. The number of aromatic amines is 1. The maximum atomic E-state index is 13.1. The molecule has 1 aliphatic heterocycles. The Labute approximate surface area is 167 Å². The van der Waals surface area contributed by atoms with Crippen LogP contribution in [0.5, 0.6) is 0 Å². The van der Waals surface area contributed by atoms with Crippen LogP contribution in [-0.2, 0) is 4.79 Å². The van der Waals surface area contributed by atoms with Crippen LogP contribution in [0.2, 0.25) is 0 Å². The summed E-state index contributed by atoms with van der Waals surface area (Å²) >= 11 is 1.41. The Balaban J connectivity index is 1.91. The molecule has 0 fully saturated rings. The van der Waals surface area contributed by atoms with Crippen LogP contribution in [0.3, 0.4) is 0 Å². The van der Waals surface area contributed by atoms with Crippen LogP contribution < -0.4 is 10.9 Å². The molecule has 2 aromatic heterocycles. The predicted molar refractivity (Wildman–Crippen MR) is 110 cm³/mol. The Morgan fingerprint density at radius 1 is 1.36 bits per heavy atom. The van der Waals surface area contributed by atoms with Crippen molar-refractivity contribution in [1.29, 1.82) is 0 Å². The van der Waals surface area contributed by atoms with Crippen molar-refractivity contribution < 1.29 is 9.21 Å². The summed E-state index contributed by atoms with van der Waals surface area (Å²) in [6.45, 7) is 9.71. The van der Waals surface area contributed by atoms with Gasteiger partial charge in [-0.25, -0.2) is 4.98 Å². The minimum Gasteiger partial charge on any atom is -0.465 e. The summed E-state index contributed by atoms with van der Waals surface area (Å²) in [5.41, 5.74) is 1.49. The number of hydrogen-bond acceptors (Lipinski definition) is 6. The van der Waals surface area contributed by atoms with Crippen LogP contribution in [0.1, 0.15) is 49.7 Å². The first-order valence-corrected chi connectivity index (χ1v) is 10.2. The van der Waals surface area contributed by atoms with Gasteiger partial charge < -0.3 is 14.7 Å². The molecule has 2 aromatic rings. The average molecular weight is 398 g/mol. The normalized spacial score (nSPS) is 20.4. The van der Waals surface area contributed by atoms with Gasteiger partial charge in [-0.3, -0.25) is 9.59 Å². The second kappa shape index (κ2) is 6.81. The van der Waals surface area contributed by atoms with E-state index < -0.39 is 5.92 Å². The van der Waals surface area contributed by atoms with Gasteiger partial charge in [-0.05, 0) is 30.9 Å². The third-order valence-corrected chi connectivity index (χ3v) is 5.95. The number of hydrogen-bond donors (Lipinski definition) is 2. The van der Waals surface area contributed by atoms with Crippen LogP contribution >= 0.6 is 11.8 Å². The number of nitrogens with one attached hydrogen (secondary N) is 2. The first kappa shape index (κ1) is 18.8. The number of carbonyl (C=O) groups is 1. The molecule has 0 amide bonds. The van der Waals surface area contributed by atoms with E-state index >= 15 is 0 Å². The minimum atomic E-state index is -0.543.